The fraction of sp³-hybridized carbons (Fsp3) is 0.333. The minimum absolute atomic E-state index is 0.118. The first kappa shape index (κ1) is 9.52. The Hall–Kier alpha value is -0.570. The molecule has 0 saturated carbocycles. The topological polar surface area (TPSA) is 23.5 Å². The van der Waals surface area contributed by atoms with Crippen molar-refractivity contribution in [3.63, 3.8) is 0 Å². The SMILES string of the molecule is CCC(c1ccccc1)N(O)Cl. The van der Waals surface area contributed by atoms with E-state index in [0.29, 0.717) is 0 Å². The Morgan fingerprint density at radius 2 is 2.00 bits per heavy atom. The smallest absolute Gasteiger partial charge is 0.0765 e. The molecule has 0 bridgehead atoms. The molecule has 0 aliphatic carbocycles. The van der Waals surface area contributed by atoms with Gasteiger partial charge in [0.05, 0.1) is 6.04 Å². The average molecular weight is 186 g/mol. The first-order chi connectivity index (χ1) is 5.75. The summed E-state index contributed by atoms with van der Waals surface area (Å²) in [5, 5.41) is 9.06. The highest BCUT2D eigenvalue weighted by Gasteiger charge is 2.13. The minimum atomic E-state index is -0.118. The number of benzene rings is 1. The summed E-state index contributed by atoms with van der Waals surface area (Å²) < 4.78 is 0.731. The third-order valence-electron chi connectivity index (χ3n) is 1.83. The van der Waals surface area contributed by atoms with Gasteiger partial charge in [-0.25, -0.2) is 0 Å². The van der Waals surface area contributed by atoms with Gasteiger partial charge < -0.3 is 0 Å². The standard InChI is InChI=1S/C9H12ClNO/c1-2-9(11(10)12)8-6-4-3-5-7-8/h3-7,9,12H,2H2,1H3. The van der Waals surface area contributed by atoms with Crippen LogP contribution in [0, 0.1) is 0 Å². The van der Waals surface area contributed by atoms with E-state index in [0.717, 1.165) is 16.6 Å². The summed E-state index contributed by atoms with van der Waals surface area (Å²) in [4.78, 5) is 0. The number of nitrogens with zero attached hydrogens (tertiary/aromatic N) is 1. The largest absolute Gasteiger partial charge is 0.298 e. The number of hydrogen-bond acceptors (Lipinski definition) is 2. The van der Waals surface area contributed by atoms with Gasteiger partial charge in [-0.15, -0.1) is 0 Å². The Kier molecular flexibility index (Phi) is 3.53. The average Bonchev–Trinajstić information content (AvgIpc) is 2.07. The molecule has 1 N–H and O–H groups in total. The van der Waals surface area contributed by atoms with Crippen LogP contribution in [-0.2, 0) is 0 Å². The van der Waals surface area contributed by atoms with Crippen molar-refractivity contribution >= 4 is 11.8 Å². The second kappa shape index (κ2) is 4.45. The molecule has 1 unspecified atom stereocenters. The van der Waals surface area contributed by atoms with E-state index in [-0.39, 0.29) is 6.04 Å². The van der Waals surface area contributed by atoms with E-state index in [2.05, 4.69) is 0 Å². The van der Waals surface area contributed by atoms with Gasteiger partial charge in [0.1, 0.15) is 0 Å². The molecule has 0 aliphatic heterocycles. The fourth-order valence-electron chi connectivity index (χ4n) is 1.18. The normalized spacial score (nSPS) is 13.3. The van der Waals surface area contributed by atoms with Gasteiger partial charge >= 0.3 is 0 Å². The van der Waals surface area contributed by atoms with Crippen LogP contribution in [0.15, 0.2) is 30.3 Å². The van der Waals surface area contributed by atoms with Crippen molar-refractivity contribution < 1.29 is 5.21 Å². The zero-order chi connectivity index (χ0) is 8.97. The molecule has 2 nitrogen and oxygen atoms in total. The summed E-state index contributed by atoms with van der Waals surface area (Å²) in [6, 6.07) is 9.57. The zero-order valence-electron chi connectivity index (χ0n) is 6.94. The molecule has 0 heterocycles. The maximum atomic E-state index is 9.06. The van der Waals surface area contributed by atoms with Gasteiger partial charge in [-0.05, 0) is 12.0 Å². The van der Waals surface area contributed by atoms with Crippen LogP contribution in [0.2, 0.25) is 0 Å². The Morgan fingerprint density at radius 3 is 2.42 bits per heavy atom. The van der Waals surface area contributed by atoms with Crippen LogP contribution in [0.1, 0.15) is 24.9 Å². The van der Waals surface area contributed by atoms with E-state index in [1.54, 1.807) is 0 Å². The van der Waals surface area contributed by atoms with Crippen molar-refractivity contribution in [1.29, 1.82) is 0 Å². The van der Waals surface area contributed by atoms with Gasteiger partial charge in [-0.3, -0.25) is 5.21 Å². The molecule has 0 saturated heterocycles. The molecule has 0 spiro atoms. The molecule has 0 fully saturated rings. The third-order valence-corrected chi connectivity index (χ3v) is 2.06. The molecule has 1 rings (SSSR count). The minimum Gasteiger partial charge on any atom is -0.298 e. The summed E-state index contributed by atoms with van der Waals surface area (Å²) in [5.74, 6) is 0. The van der Waals surface area contributed by atoms with Crippen LogP contribution < -0.4 is 0 Å². The molecule has 0 aliphatic rings. The lowest BCUT2D eigenvalue weighted by Crippen LogP contribution is -2.14. The van der Waals surface area contributed by atoms with Crippen molar-refractivity contribution in [2.45, 2.75) is 19.4 Å². The molecule has 3 heteroatoms. The quantitative estimate of drug-likeness (QED) is 0.578. The molecule has 1 atom stereocenters. The summed E-state index contributed by atoms with van der Waals surface area (Å²) in [5.41, 5.74) is 1.03. The van der Waals surface area contributed by atoms with Crippen molar-refractivity contribution in [2.24, 2.45) is 0 Å². The van der Waals surface area contributed by atoms with Gasteiger partial charge in [-0.2, -0.15) is 0 Å². The highest BCUT2D eigenvalue weighted by Crippen LogP contribution is 2.23. The van der Waals surface area contributed by atoms with Crippen LogP contribution in [0.5, 0.6) is 0 Å². The molecule has 12 heavy (non-hydrogen) atoms. The molecule has 1 aromatic rings. The Balaban J connectivity index is 2.80. The van der Waals surface area contributed by atoms with E-state index in [9.17, 15) is 0 Å². The Labute approximate surface area is 77.4 Å². The van der Waals surface area contributed by atoms with Crippen LogP contribution >= 0.6 is 11.8 Å². The second-order valence-corrected chi connectivity index (χ2v) is 2.97. The predicted octanol–water partition coefficient (Wildman–Crippen LogP) is 2.98. The lowest BCUT2D eigenvalue weighted by Gasteiger charge is -2.18. The number of hydroxylamine groups is 1. The molecule has 0 radical (unpaired) electrons. The summed E-state index contributed by atoms with van der Waals surface area (Å²) in [6.07, 6.45) is 0.782. The van der Waals surface area contributed by atoms with Crippen LogP contribution in [0.3, 0.4) is 0 Å². The number of halogens is 1. The zero-order valence-corrected chi connectivity index (χ0v) is 7.70. The van der Waals surface area contributed by atoms with Gasteiger partial charge in [-0.1, -0.05) is 41.8 Å². The monoisotopic (exact) mass is 185 g/mol. The summed E-state index contributed by atoms with van der Waals surface area (Å²) >= 11 is 5.47. The van der Waals surface area contributed by atoms with Gasteiger partial charge in [0, 0.05) is 11.8 Å². The summed E-state index contributed by atoms with van der Waals surface area (Å²) in [7, 11) is 0. The molecule has 0 amide bonds. The first-order valence-electron chi connectivity index (χ1n) is 3.94. The van der Waals surface area contributed by atoms with E-state index >= 15 is 0 Å². The fourth-order valence-corrected chi connectivity index (χ4v) is 1.44. The maximum absolute atomic E-state index is 9.06. The van der Waals surface area contributed by atoms with Crippen LogP contribution in [0.25, 0.3) is 0 Å². The van der Waals surface area contributed by atoms with Gasteiger partial charge in [0.2, 0.25) is 0 Å². The highest BCUT2D eigenvalue weighted by atomic mass is 35.5. The lowest BCUT2D eigenvalue weighted by atomic mass is 10.1. The highest BCUT2D eigenvalue weighted by molar-refractivity contribution is 6.12. The van der Waals surface area contributed by atoms with Crippen molar-refractivity contribution in [2.75, 3.05) is 0 Å². The second-order valence-electron chi connectivity index (χ2n) is 2.62. The summed E-state index contributed by atoms with van der Waals surface area (Å²) in [6.45, 7) is 1.98. The van der Waals surface area contributed by atoms with Crippen molar-refractivity contribution in [1.82, 2.24) is 4.58 Å². The molecular weight excluding hydrogens is 174 g/mol. The predicted molar refractivity (Wildman–Crippen MR) is 49.0 cm³/mol. The van der Waals surface area contributed by atoms with Crippen LogP contribution in [0.4, 0.5) is 0 Å². The Bertz CT molecular complexity index is 225. The third kappa shape index (κ3) is 2.21. The molecule has 66 valence electrons. The number of hydrogen-bond donors (Lipinski definition) is 1. The molecule has 1 aromatic carbocycles. The first-order valence-corrected chi connectivity index (χ1v) is 4.28. The molecular formula is C9H12ClNO. The van der Waals surface area contributed by atoms with Crippen molar-refractivity contribution in [3.8, 4) is 0 Å². The van der Waals surface area contributed by atoms with Gasteiger partial charge in [0.15, 0.2) is 0 Å². The van der Waals surface area contributed by atoms with Gasteiger partial charge in [0.25, 0.3) is 0 Å². The van der Waals surface area contributed by atoms with E-state index in [1.807, 2.05) is 37.3 Å². The van der Waals surface area contributed by atoms with E-state index < -0.39 is 0 Å². The Morgan fingerprint density at radius 1 is 1.42 bits per heavy atom. The van der Waals surface area contributed by atoms with E-state index in [4.69, 9.17) is 17.0 Å². The van der Waals surface area contributed by atoms with Crippen LogP contribution in [-0.4, -0.2) is 9.79 Å². The van der Waals surface area contributed by atoms with E-state index in [1.165, 1.54) is 0 Å². The lowest BCUT2D eigenvalue weighted by molar-refractivity contribution is -0.0367. The number of rotatable bonds is 3. The molecule has 0 aromatic heterocycles. The van der Waals surface area contributed by atoms with Crippen molar-refractivity contribution in [3.05, 3.63) is 35.9 Å². The maximum Gasteiger partial charge on any atom is 0.0765 e.